The van der Waals surface area contributed by atoms with Gasteiger partial charge in [0, 0.05) is 0 Å². The molecule has 0 fully saturated rings. The Labute approximate surface area is 276 Å². The second kappa shape index (κ2) is 13.0. The van der Waals surface area contributed by atoms with Crippen LogP contribution in [-0.2, 0) is 5.41 Å². The molecule has 2 N–H and O–H groups in total. The normalized spacial score (nSPS) is 12.7. The quantitative estimate of drug-likeness (QED) is 0.131. The van der Waals surface area contributed by atoms with Gasteiger partial charge in [-0.1, -0.05) is 129 Å². The number of allylic oxidation sites excluding steroid dienone is 1. The Hall–Kier alpha value is -4.21. The summed E-state index contributed by atoms with van der Waals surface area (Å²) in [6.45, 7) is 4.60. The molecule has 2 nitrogen and oxygen atoms in total. The molecule has 0 unspecified atom stereocenters. The molecule has 0 aliphatic heterocycles. The molecule has 204 valence electrons. The van der Waals surface area contributed by atoms with Crippen LogP contribution < -0.4 is 29.6 Å². The van der Waals surface area contributed by atoms with E-state index in [-0.39, 0.29) is 35.0 Å². The molecule has 6 aromatic carbocycles. The molecule has 1 aliphatic carbocycles. The number of rotatable bonds is 4. The molecule has 7 rings (SSSR count). The molecule has 0 aromatic heterocycles. The molecule has 6 aromatic rings. The summed E-state index contributed by atoms with van der Waals surface area (Å²) in [6.07, 6.45) is 1.57. The maximum Gasteiger partial charge on any atom is 1.00 e. The molecular weight excluding hydrogens is 531 g/mol. The van der Waals surface area contributed by atoms with Gasteiger partial charge >= 0.3 is 29.6 Å². The summed E-state index contributed by atoms with van der Waals surface area (Å²) < 4.78 is 0. The Morgan fingerprint density at radius 3 is 2.05 bits per heavy atom. The van der Waals surface area contributed by atoms with Crippen molar-refractivity contribution in [3.8, 4) is 22.3 Å². The smallest absolute Gasteiger partial charge is 0.698 e. The van der Waals surface area contributed by atoms with Gasteiger partial charge in [-0.05, 0) is 27.7 Å². The number of benzene rings is 6. The van der Waals surface area contributed by atoms with Gasteiger partial charge in [0.05, 0.1) is 5.71 Å². The number of fused-ring (bicyclic) bond motifs is 4. The number of hydrogen-bond donors (Lipinski definition) is 1. The molecule has 0 bridgehead atoms. The van der Waals surface area contributed by atoms with Crippen LogP contribution in [0.3, 0.4) is 0 Å². The summed E-state index contributed by atoms with van der Waals surface area (Å²) in [6, 6.07) is 51.7. The molecule has 1 aliphatic rings. The van der Waals surface area contributed by atoms with Crippen molar-refractivity contribution in [2.45, 2.75) is 19.3 Å². The minimum Gasteiger partial charge on any atom is -0.698 e. The molecule has 3 heteroatoms. The summed E-state index contributed by atoms with van der Waals surface area (Å²) in [5.41, 5.74) is 18.1. The zero-order chi connectivity index (χ0) is 29.1. The second-order valence-electron chi connectivity index (χ2n) is 11.0. The minimum atomic E-state index is 0. The molecule has 0 radical (unpaired) electrons. The van der Waals surface area contributed by atoms with Gasteiger partial charge in [-0.25, -0.2) is 0 Å². The standard InChI is InChI=1S/C25H18.C15H13N2.Na/c1-25(2)23-13-6-5-11-21(23)22-16-18(14-15-24(22)25)20-12-7-9-17-8-3-4-10-19(17)20;16-14(12-7-3-1-4-8-12)11-15(17)13-9-5-2-6-10-13;/h3-9,11-13,15-16H,1-2H3;1-11,16-17H;/q-2;-1;+1/b;14-11-,17-15?;. The predicted octanol–water partition coefficient (Wildman–Crippen LogP) is 7.57. The topological polar surface area (TPSA) is 47.7 Å². The van der Waals surface area contributed by atoms with Crippen LogP contribution in [0.5, 0.6) is 0 Å². The molecule has 0 saturated heterocycles. The van der Waals surface area contributed by atoms with E-state index in [1.807, 2.05) is 72.8 Å². The van der Waals surface area contributed by atoms with Gasteiger partial charge in [0.15, 0.2) is 0 Å². The molecular formula is C40H31N2Na-2. The molecule has 43 heavy (non-hydrogen) atoms. The Bertz CT molecular complexity index is 1920. The Morgan fingerprint density at radius 1 is 0.674 bits per heavy atom. The zero-order valence-corrected chi connectivity index (χ0v) is 26.8. The van der Waals surface area contributed by atoms with Crippen molar-refractivity contribution in [3.63, 3.8) is 0 Å². The van der Waals surface area contributed by atoms with E-state index in [0.29, 0.717) is 11.4 Å². The van der Waals surface area contributed by atoms with E-state index < -0.39 is 0 Å². The summed E-state index contributed by atoms with van der Waals surface area (Å²) >= 11 is 0. The molecule has 0 saturated carbocycles. The maximum atomic E-state index is 7.91. The fourth-order valence-electron chi connectivity index (χ4n) is 5.72. The Kier molecular flexibility index (Phi) is 9.13. The first kappa shape index (κ1) is 30.3. The Morgan fingerprint density at radius 2 is 1.30 bits per heavy atom. The first-order valence-electron chi connectivity index (χ1n) is 14.1. The van der Waals surface area contributed by atoms with Crippen molar-refractivity contribution in [1.29, 1.82) is 5.41 Å². The number of hydrogen-bond acceptors (Lipinski definition) is 1. The van der Waals surface area contributed by atoms with Crippen molar-refractivity contribution in [2.24, 2.45) is 0 Å². The number of nitrogens with one attached hydrogen (secondary N) is 2. The van der Waals surface area contributed by atoms with Crippen LogP contribution in [0.1, 0.15) is 36.1 Å². The van der Waals surface area contributed by atoms with E-state index in [0.717, 1.165) is 22.1 Å². The zero-order valence-electron chi connectivity index (χ0n) is 24.8. The summed E-state index contributed by atoms with van der Waals surface area (Å²) in [4.78, 5) is 0. The fourth-order valence-corrected chi connectivity index (χ4v) is 5.72. The van der Waals surface area contributed by atoms with E-state index in [1.165, 1.54) is 33.2 Å². The largest absolute Gasteiger partial charge is 1.00 e. The Balaban J connectivity index is 0.000000180. The summed E-state index contributed by atoms with van der Waals surface area (Å²) in [5.74, 6) is 0. The van der Waals surface area contributed by atoms with Crippen LogP contribution in [-0.4, -0.2) is 5.71 Å². The van der Waals surface area contributed by atoms with E-state index >= 15 is 0 Å². The van der Waals surface area contributed by atoms with Crippen molar-refractivity contribution >= 4 is 22.2 Å². The van der Waals surface area contributed by atoms with Crippen LogP contribution in [0.4, 0.5) is 0 Å². The molecule has 0 amide bonds. The van der Waals surface area contributed by atoms with Crippen LogP contribution in [0.2, 0.25) is 0 Å². The van der Waals surface area contributed by atoms with Gasteiger partial charge in [-0.2, -0.15) is 0 Å². The van der Waals surface area contributed by atoms with E-state index in [9.17, 15) is 0 Å². The molecule has 0 heterocycles. The third-order valence-corrected chi connectivity index (χ3v) is 7.96. The van der Waals surface area contributed by atoms with Crippen LogP contribution >= 0.6 is 0 Å². The van der Waals surface area contributed by atoms with E-state index in [1.54, 1.807) is 6.08 Å². The van der Waals surface area contributed by atoms with Gasteiger partial charge in [0.2, 0.25) is 0 Å². The third kappa shape index (κ3) is 6.14. The first-order valence-corrected chi connectivity index (χ1v) is 14.1. The van der Waals surface area contributed by atoms with Gasteiger partial charge in [-0.15, -0.1) is 75.6 Å². The minimum absolute atomic E-state index is 0. The first-order chi connectivity index (χ1) is 20.4. The molecule has 0 atom stereocenters. The fraction of sp³-hybridized carbons (Fsp3) is 0.0750. The van der Waals surface area contributed by atoms with Gasteiger partial charge in [0.25, 0.3) is 0 Å². The van der Waals surface area contributed by atoms with Crippen molar-refractivity contribution in [3.05, 3.63) is 180 Å². The van der Waals surface area contributed by atoms with Crippen molar-refractivity contribution in [2.75, 3.05) is 0 Å². The van der Waals surface area contributed by atoms with Crippen molar-refractivity contribution in [1.82, 2.24) is 0 Å². The van der Waals surface area contributed by atoms with Crippen LogP contribution in [0.25, 0.3) is 44.5 Å². The van der Waals surface area contributed by atoms with Gasteiger partial charge in [0.1, 0.15) is 0 Å². The third-order valence-electron chi connectivity index (χ3n) is 7.96. The summed E-state index contributed by atoms with van der Waals surface area (Å²) in [7, 11) is 0. The van der Waals surface area contributed by atoms with Crippen LogP contribution in [0.15, 0.2) is 140 Å². The predicted molar refractivity (Wildman–Crippen MR) is 177 cm³/mol. The van der Waals surface area contributed by atoms with Gasteiger partial charge < -0.3 is 11.1 Å². The second-order valence-corrected chi connectivity index (χ2v) is 11.0. The van der Waals surface area contributed by atoms with Crippen LogP contribution in [0, 0.1) is 17.5 Å². The average Bonchev–Trinajstić information content (AvgIpc) is 3.27. The monoisotopic (exact) mass is 562 g/mol. The SMILES string of the molecule is CC1(C)c2c[c-]c(-c3cccc4ccc[c-]c34)cc2-c2ccccc21.N=C(/C=C(\[NH-])c1ccccc1)c1ccccc1.[Na+]. The maximum absolute atomic E-state index is 7.91. The van der Waals surface area contributed by atoms with E-state index in [4.69, 9.17) is 11.1 Å². The van der Waals surface area contributed by atoms with Crippen molar-refractivity contribution < 1.29 is 29.6 Å². The summed E-state index contributed by atoms with van der Waals surface area (Å²) in [5, 5.41) is 10.3. The average molecular weight is 563 g/mol. The van der Waals surface area contributed by atoms with E-state index in [2.05, 4.69) is 86.6 Å². The van der Waals surface area contributed by atoms with Gasteiger partial charge in [-0.3, -0.25) is 0 Å². The molecule has 0 spiro atoms.